The minimum Gasteiger partial charge on any atom is -0.493 e. The minimum absolute atomic E-state index is 0.148. The van der Waals surface area contributed by atoms with Crippen LogP contribution in [0.4, 0.5) is 0 Å². The third-order valence-corrected chi connectivity index (χ3v) is 3.36. The summed E-state index contributed by atoms with van der Waals surface area (Å²) in [7, 11) is 1.46. The molecule has 2 aromatic rings. The highest BCUT2D eigenvalue weighted by atomic mass is 79.9. The van der Waals surface area contributed by atoms with E-state index in [0.29, 0.717) is 24.7 Å². The summed E-state index contributed by atoms with van der Waals surface area (Å²) in [6.45, 7) is 0.685. The smallest absolute Gasteiger partial charge is 0.335 e. The molecule has 0 radical (unpaired) electrons. The van der Waals surface area contributed by atoms with E-state index >= 15 is 0 Å². The van der Waals surface area contributed by atoms with Crippen molar-refractivity contribution in [3.63, 3.8) is 0 Å². The van der Waals surface area contributed by atoms with Gasteiger partial charge in [-0.05, 0) is 42.5 Å². The second-order valence-electron chi connectivity index (χ2n) is 4.32. The van der Waals surface area contributed by atoms with E-state index in [2.05, 4.69) is 15.9 Å². The van der Waals surface area contributed by atoms with E-state index in [9.17, 15) is 4.79 Å². The molecule has 0 saturated heterocycles. The summed E-state index contributed by atoms with van der Waals surface area (Å²) in [5.74, 6) is 0.596. The Hall–Kier alpha value is -2.21. The summed E-state index contributed by atoms with van der Waals surface area (Å²) in [5.41, 5.74) is 0.148. The van der Waals surface area contributed by atoms with Gasteiger partial charge in [0.15, 0.2) is 11.5 Å². The van der Waals surface area contributed by atoms with E-state index in [-0.39, 0.29) is 5.56 Å². The van der Waals surface area contributed by atoms with E-state index in [0.717, 1.165) is 10.2 Å². The van der Waals surface area contributed by atoms with Crippen LogP contribution in [0.3, 0.4) is 0 Å². The molecular formula is C16H15BrO5. The van der Waals surface area contributed by atoms with Crippen LogP contribution >= 0.6 is 15.9 Å². The molecule has 0 aliphatic carbocycles. The molecule has 0 saturated carbocycles. The lowest BCUT2D eigenvalue weighted by Crippen LogP contribution is -2.10. The van der Waals surface area contributed by atoms with E-state index in [1.807, 2.05) is 24.3 Å². The number of halogens is 1. The summed E-state index contributed by atoms with van der Waals surface area (Å²) < 4.78 is 17.2. The monoisotopic (exact) mass is 366 g/mol. The van der Waals surface area contributed by atoms with E-state index in [1.54, 1.807) is 6.07 Å². The third kappa shape index (κ3) is 4.39. The first kappa shape index (κ1) is 16.2. The molecule has 0 bridgehead atoms. The molecule has 0 aliphatic heterocycles. The van der Waals surface area contributed by atoms with Gasteiger partial charge in [-0.1, -0.05) is 15.9 Å². The molecule has 0 aliphatic rings. The first-order valence-electron chi connectivity index (χ1n) is 6.52. The molecule has 0 fully saturated rings. The molecule has 0 amide bonds. The van der Waals surface area contributed by atoms with Crippen LogP contribution in [0.5, 0.6) is 17.2 Å². The summed E-state index contributed by atoms with van der Waals surface area (Å²) >= 11 is 3.35. The molecular weight excluding hydrogens is 352 g/mol. The molecule has 0 spiro atoms. The molecule has 116 valence electrons. The van der Waals surface area contributed by atoms with Crippen LogP contribution in [0.1, 0.15) is 10.4 Å². The molecule has 0 atom stereocenters. The lowest BCUT2D eigenvalue weighted by molar-refractivity contribution is 0.0696. The zero-order valence-electron chi connectivity index (χ0n) is 11.9. The van der Waals surface area contributed by atoms with Crippen LogP contribution in [-0.2, 0) is 0 Å². The topological polar surface area (TPSA) is 65.0 Å². The Labute approximate surface area is 136 Å². The lowest BCUT2D eigenvalue weighted by atomic mass is 10.2. The average Bonchev–Trinajstić information content (AvgIpc) is 2.53. The zero-order chi connectivity index (χ0) is 15.9. The summed E-state index contributed by atoms with van der Waals surface area (Å²) in [4.78, 5) is 10.9. The molecule has 6 heteroatoms. The molecule has 22 heavy (non-hydrogen) atoms. The van der Waals surface area contributed by atoms with Gasteiger partial charge in [0.05, 0.1) is 12.7 Å². The number of rotatable bonds is 7. The normalized spacial score (nSPS) is 10.1. The highest BCUT2D eigenvalue weighted by Crippen LogP contribution is 2.28. The maximum atomic E-state index is 10.9. The number of ether oxygens (including phenoxy) is 3. The summed E-state index contributed by atoms with van der Waals surface area (Å²) in [5, 5.41) is 8.94. The molecule has 5 nitrogen and oxygen atoms in total. The van der Waals surface area contributed by atoms with Gasteiger partial charge in [0.25, 0.3) is 0 Å². The maximum Gasteiger partial charge on any atom is 0.335 e. The van der Waals surface area contributed by atoms with E-state index in [4.69, 9.17) is 19.3 Å². The maximum absolute atomic E-state index is 10.9. The largest absolute Gasteiger partial charge is 0.493 e. The van der Waals surface area contributed by atoms with Gasteiger partial charge in [-0.2, -0.15) is 0 Å². The Balaban J connectivity index is 1.88. The number of hydrogen-bond acceptors (Lipinski definition) is 4. The zero-order valence-corrected chi connectivity index (χ0v) is 13.5. The van der Waals surface area contributed by atoms with Gasteiger partial charge >= 0.3 is 5.97 Å². The molecule has 2 aromatic carbocycles. The Morgan fingerprint density at radius 2 is 1.73 bits per heavy atom. The highest BCUT2D eigenvalue weighted by Gasteiger charge is 2.09. The number of carbonyl (C=O) groups is 1. The highest BCUT2D eigenvalue weighted by molar-refractivity contribution is 9.10. The van der Waals surface area contributed by atoms with Crippen LogP contribution in [-0.4, -0.2) is 31.4 Å². The van der Waals surface area contributed by atoms with Gasteiger partial charge in [0.1, 0.15) is 19.0 Å². The standard InChI is InChI=1S/C16H15BrO5/c1-20-15-10-11(16(18)19)2-7-14(15)22-9-8-21-13-5-3-12(17)4-6-13/h2-7,10H,8-9H2,1H3,(H,18,19). The number of benzene rings is 2. The van der Waals surface area contributed by atoms with Gasteiger partial charge in [-0.25, -0.2) is 4.79 Å². The number of aromatic carboxylic acids is 1. The number of methoxy groups -OCH3 is 1. The average molecular weight is 367 g/mol. The molecule has 0 aromatic heterocycles. The van der Waals surface area contributed by atoms with Crippen molar-refractivity contribution in [1.82, 2.24) is 0 Å². The second kappa shape index (κ2) is 7.70. The fraction of sp³-hybridized carbons (Fsp3) is 0.188. The fourth-order valence-corrected chi connectivity index (χ4v) is 2.03. The Bertz CT molecular complexity index is 639. The number of carboxylic acids is 1. The van der Waals surface area contributed by atoms with Gasteiger partial charge in [0.2, 0.25) is 0 Å². The quantitative estimate of drug-likeness (QED) is 0.758. The Morgan fingerprint density at radius 3 is 2.36 bits per heavy atom. The van der Waals surface area contributed by atoms with Crippen LogP contribution in [0.2, 0.25) is 0 Å². The van der Waals surface area contributed by atoms with Crippen LogP contribution < -0.4 is 14.2 Å². The minimum atomic E-state index is -1.01. The lowest BCUT2D eigenvalue weighted by Gasteiger charge is -2.12. The first-order valence-corrected chi connectivity index (χ1v) is 7.32. The Kier molecular flexibility index (Phi) is 5.66. The number of carboxylic acid groups (broad SMARTS) is 1. The second-order valence-corrected chi connectivity index (χ2v) is 5.24. The predicted molar refractivity (Wildman–Crippen MR) is 85.1 cm³/mol. The van der Waals surface area contributed by atoms with Crippen molar-refractivity contribution < 1.29 is 24.1 Å². The summed E-state index contributed by atoms with van der Waals surface area (Å²) in [6.07, 6.45) is 0. The van der Waals surface area contributed by atoms with Crippen LogP contribution in [0.25, 0.3) is 0 Å². The SMILES string of the molecule is COc1cc(C(=O)O)ccc1OCCOc1ccc(Br)cc1. The van der Waals surface area contributed by atoms with Gasteiger partial charge < -0.3 is 19.3 Å². The van der Waals surface area contributed by atoms with Gasteiger partial charge in [0, 0.05) is 4.47 Å². The molecule has 1 N–H and O–H groups in total. The Morgan fingerprint density at radius 1 is 1.05 bits per heavy atom. The third-order valence-electron chi connectivity index (χ3n) is 2.83. The van der Waals surface area contributed by atoms with Crippen molar-refractivity contribution in [3.8, 4) is 17.2 Å². The van der Waals surface area contributed by atoms with Crippen LogP contribution in [0.15, 0.2) is 46.9 Å². The van der Waals surface area contributed by atoms with Crippen LogP contribution in [0, 0.1) is 0 Å². The first-order chi connectivity index (χ1) is 10.6. The van der Waals surface area contributed by atoms with Gasteiger partial charge in [-0.15, -0.1) is 0 Å². The van der Waals surface area contributed by atoms with E-state index in [1.165, 1.54) is 19.2 Å². The van der Waals surface area contributed by atoms with E-state index < -0.39 is 5.97 Å². The molecule has 0 heterocycles. The van der Waals surface area contributed by atoms with Crippen molar-refractivity contribution in [2.24, 2.45) is 0 Å². The van der Waals surface area contributed by atoms with Gasteiger partial charge in [-0.3, -0.25) is 0 Å². The van der Waals surface area contributed by atoms with Crippen molar-refractivity contribution in [1.29, 1.82) is 0 Å². The fourth-order valence-electron chi connectivity index (χ4n) is 1.76. The predicted octanol–water partition coefficient (Wildman–Crippen LogP) is 3.61. The molecule has 0 unspecified atom stereocenters. The molecule has 2 rings (SSSR count). The summed E-state index contributed by atoms with van der Waals surface area (Å²) in [6, 6.07) is 12.0. The number of hydrogen-bond donors (Lipinski definition) is 1. The van der Waals surface area contributed by atoms with Crippen molar-refractivity contribution in [2.45, 2.75) is 0 Å². The van der Waals surface area contributed by atoms with Crippen molar-refractivity contribution in [2.75, 3.05) is 20.3 Å². The van der Waals surface area contributed by atoms with Crippen molar-refractivity contribution in [3.05, 3.63) is 52.5 Å². The van der Waals surface area contributed by atoms with Crippen molar-refractivity contribution >= 4 is 21.9 Å².